The highest BCUT2D eigenvalue weighted by Crippen LogP contribution is 2.35. The lowest BCUT2D eigenvalue weighted by Crippen LogP contribution is -2.51. The minimum atomic E-state index is -0.884. The van der Waals surface area contributed by atoms with Gasteiger partial charge < -0.3 is 87.7 Å². The fourth-order valence-electron chi connectivity index (χ4n) is 11.5. The summed E-state index contributed by atoms with van der Waals surface area (Å²) in [7, 11) is 6.02. The number of nitrogen functional groups attached to an aromatic ring is 1. The number of piperazine rings is 3. The number of phenolic OH excluding ortho intramolecular Hbond substituents is 1. The molecule has 3 fully saturated rings. The van der Waals surface area contributed by atoms with Gasteiger partial charge in [0.15, 0.2) is 80.9 Å². The minimum Gasteiger partial charge on any atom is -0.505 e. The van der Waals surface area contributed by atoms with Crippen LogP contribution in [-0.2, 0) is 28.5 Å². The Morgan fingerprint density at radius 2 is 0.957 bits per heavy atom. The summed E-state index contributed by atoms with van der Waals surface area (Å²) in [6, 6.07) is 22.0. The number of hydrogen-bond donors (Lipinski definition) is 3. The number of nitrogens with one attached hydrogen (secondary N) is 1. The van der Waals surface area contributed by atoms with E-state index in [0.717, 1.165) is 61.6 Å². The fourth-order valence-corrected chi connectivity index (χ4v) is 12.2. The number of aromatic nitrogens is 6. The van der Waals surface area contributed by atoms with Crippen molar-refractivity contribution in [2.45, 2.75) is 32.4 Å². The van der Waals surface area contributed by atoms with Crippen LogP contribution in [0.2, 0.25) is 0 Å². The summed E-state index contributed by atoms with van der Waals surface area (Å²) in [6.07, 6.45) is 2.71. The van der Waals surface area contributed by atoms with Crippen molar-refractivity contribution >= 4 is 96.0 Å². The van der Waals surface area contributed by atoms with Gasteiger partial charge in [0.1, 0.15) is 61.1 Å². The number of methoxy groups -OCH3 is 4. The maximum Gasteiger partial charge on any atom is 0.410 e. The summed E-state index contributed by atoms with van der Waals surface area (Å²) in [5, 5.41) is 21.3. The number of carbonyl (C=O) groups is 2. The largest absolute Gasteiger partial charge is 0.505 e. The zero-order chi connectivity index (χ0) is 83.0. The molecule has 4 N–H and O–H groups in total. The van der Waals surface area contributed by atoms with Gasteiger partial charge in [-0.2, -0.15) is 14.6 Å². The predicted molar refractivity (Wildman–Crippen MR) is 420 cm³/mol. The average Bonchev–Trinajstić information content (AvgIpc) is 1.58. The Morgan fingerprint density at radius 1 is 0.526 bits per heavy atom. The van der Waals surface area contributed by atoms with E-state index < -0.39 is 81.7 Å². The summed E-state index contributed by atoms with van der Waals surface area (Å²) in [6.45, 7) is 12.7. The van der Waals surface area contributed by atoms with Crippen molar-refractivity contribution in [3.8, 4) is 40.3 Å². The first-order valence-electron chi connectivity index (χ1n) is 35.7. The lowest BCUT2D eigenvalue weighted by Gasteiger charge is -2.37. The molecule has 3 aliphatic heterocycles. The summed E-state index contributed by atoms with van der Waals surface area (Å²) in [5.74, 6) is -6.74. The maximum absolute atomic E-state index is 15.0. The minimum absolute atomic E-state index is 0. The van der Waals surface area contributed by atoms with Crippen molar-refractivity contribution in [1.29, 1.82) is 0 Å². The number of anilines is 4. The molecule has 26 nitrogen and oxygen atoms in total. The standard InChI is InChI=1S/C31H29F2N9O4.C18H26F2N2O4.C13H18F2N2O2.C9H9BrF2O2.C6H3BrF2O.ClH/c1-44-14-15-46-25-17-21(32)23(16-22(25)33)39-9-11-40(12-10-39)30(43)26(19-6-3-2-4-7-19)41-29-20(18-35-41)28-36-27(24-8-5-13-45-24)38-42(28)31(34)37-29;1-18(2,3)26-17(23)22-7-5-21(6-8-22)15-11-14(20)16(12-13(15)19)25-10-9-24-4;1-18-6-7-19-13-9-10(14)12(8-11(13)15)17-4-2-16-3-5-17;1-13-2-3-14-9-5-7(11)6(10)4-8(9)12;7-3-1-5(9)6(10)2-4(3)8;/h2-8,13,16-18,26H,9-12,14-15H2,1H3,(H2,34,37);11-12H,5-10H2,1-4H3;8-9,16H,2-7H2,1H3;4-5H,2-3H2,1H3;1-2,10H;1H. The lowest BCUT2D eigenvalue weighted by atomic mass is 10.0. The van der Waals surface area contributed by atoms with Gasteiger partial charge in [0.25, 0.3) is 5.91 Å². The number of hydrogen-bond acceptors (Lipinski definition) is 22. The van der Waals surface area contributed by atoms with Gasteiger partial charge in [-0.3, -0.25) is 4.79 Å². The van der Waals surface area contributed by atoms with Crippen LogP contribution in [-0.4, -0.2) is 222 Å². The Kier molecular flexibility index (Phi) is 34.5. The van der Waals surface area contributed by atoms with E-state index in [9.17, 15) is 49.1 Å². The van der Waals surface area contributed by atoms with Crippen molar-refractivity contribution < 1.29 is 106 Å². The highest BCUT2D eigenvalue weighted by Gasteiger charge is 2.35. The third-order valence-corrected chi connectivity index (χ3v) is 18.4. The molecule has 3 aliphatic rings. The van der Waals surface area contributed by atoms with Gasteiger partial charge >= 0.3 is 6.09 Å². The van der Waals surface area contributed by atoms with E-state index in [1.165, 1.54) is 50.0 Å². The molecule has 2 amide bonds. The monoisotopic (exact) mass is 1780 g/mol. The molecule has 1 unspecified atom stereocenters. The topological polar surface area (TPSA) is 266 Å². The van der Waals surface area contributed by atoms with Crippen LogP contribution in [0.5, 0.6) is 28.7 Å². The van der Waals surface area contributed by atoms with Crippen molar-refractivity contribution in [3.63, 3.8) is 0 Å². The number of phenols is 1. The zero-order valence-corrected chi connectivity index (χ0v) is 68.0. The number of nitrogens with two attached hydrogens (primary N) is 1. The number of benzene rings is 6. The van der Waals surface area contributed by atoms with Crippen LogP contribution in [0.25, 0.3) is 28.3 Å². The number of furan rings is 1. The first-order valence-corrected chi connectivity index (χ1v) is 37.3. The Hall–Kier alpha value is -10.1. The van der Waals surface area contributed by atoms with Crippen molar-refractivity contribution in [2.24, 2.45) is 0 Å². The number of amides is 2. The van der Waals surface area contributed by atoms with Gasteiger partial charge in [0.2, 0.25) is 11.8 Å². The number of aromatic hydroxyl groups is 1. The van der Waals surface area contributed by atoms with Gasteiger partial charge in [0.05, 0.1) is 70.3 Å². The fraction of sp³-hybridized carbons (Fsp3) is 0.377. The SMILES string of the molecule is COCCOc1cc(F)c(Br)cc1F.COCCOc1cc(F)c(N2CCN(C(=O)C(c3ccccc3)n3ncc4c3nc(N)n3nc(-c5ccco5)nc43)CC2)cc1F.COCCOc1cc(F)c(N2CCN(C(=O)OC(C)(C)C)CC2)cc1F.COCCOc1cc(F)c(N2CCNCC2)cc1F.Cl.Oc1cc(F)c(Br)cc1F. The second-order valence-electron chi connectivity index (χ2n) is 26.2. The molecule has 39 heteroatoms. The third kappa shape index (κ3) is 24.7. The molecule has 628 valence electrons. The lowest BCUT2D eigenvalue weighted by molar-refractivity contribution is -0.134. The molecular formula is C77H86Br2ClF10N13O13. The van der Waals surface area contributed by atoms with Crippen LogP contribution in [0.3, 0.4) is 0 Å². The van der Waals surface area contributed by atoms with E-state index in [1.807, 2.05) is 35.2 Å². The first kappa shape index (κ1) is 91.4. The smallest absolute Gasteiger partial charge is 0.410 e. The molecule has 0 saturated carbocycles. The van der Waals surface area contributed by atoms with Gasteiger partial charge in [0, 0.05) is 156 Å². The van der Waals surface area contributed by atoms with Gasteiger partial charge in [-0.25, -0.2) is 58.4 Å². The number of nitrogens with zero attached hydrogens (tertiary/aromatic N) is 11. The molecular weight excluding hydrogens is 1700 g/mol. The molecule has 1 atom stereocenters. The number of fused-ring (bicyclic) bond motifs is 3. The molecule has 3 saturated heterocycles. The second-order valence-corrected chi connectivity index (χ2v) is 28.0. The van der Waals surface area contributed by atoms with E-state index in [2.05, 4.69) is 57.3 Å². The van der Waals surface area contributed by atoms with Crippen LogP contribution >= 0.6 is 44.3 Å². The van der Waals surface area contributed by atoms with Crippen molar-refractivity contribution in [1.82, 2.24) is 44.5 Å². The van der Waals surface area contributed by atoms with E-state index in [-0.39, 0.29) is 139 Å². The molecule has 0 spiro atoms. The van der Waals surface area contributed by atoms with Gasteiger partial charge in [-0.05, 0) is 82.5 Å². The predicted octanol–water partition coefficient (Wildman–Crippen LogP) is 13.6. The Balaban J connectivity index is 0.000000202. The van der Waals surface area contributed by atoms with Gasteiger partial charge in [-0.15, -0.1) is 17.5 Å². The molecule has 0 aliphatic carbocycles. The maximum atomic E-state index is 15.0. The molecule has 6 aromatic carbocycles. The van der Waals surface area contributed by atoms with E-state index in [1.54, 1.807) is 58.7 Å². The van der Waals surface area contributed by atoms with Crippen molar-refractivity contribution in [2.75, 3.05) is 180 Å². The Bertz CT molecular complexity index is 4800. The first-order chi connectivity index (χ1) is 55.1. The highest BCUT2D eigenvalue weighted by molar-refractivity contribution is 9.10. The zero-order valence-electron chi connectivity index (χ0n) is 64.0. The number of carbonyl (C=O) groups excluding carboxylic acids is 2. The summed E-state index contributed by atoms with van der Waals surface area (Å²) < 4.78 is 190. The summed E-state index contributed by atoms with van der Waals surface area (Å²) >= 11 is 5.62. The molecule has 7 heterocycles. The van der Waals surface area contributed by atoms with Crippen LogP contribution in [0.1, 0.15) is 32.4 Å². The van der Waals surface area contributed by atoms with Gasteiger partial charge in [-0.1, -0.05) is 30.3 Å². The van der Waals surface area contributed by atoms with Crippen molar-refractivity contribution in [3.05, 3.63) is 188 Å². The number of ether oxygens (including phenoxy) is 9. The normalized spacial score (nSPS) is 13.7. The summed E-state index contributed by atoms with van der Waals surface area (Å²) in [4.78, 5) is 44.0. The van der Waals surface area contributed by atoms with Crippen LogP contribution in [0, 0.1) is 58.2 Å². The van der Waals surface area contributed by atoms with Crippen LogP contribution in [0.4, 0.5) is 71.7 Å². The molecule has 0 bridgehead atoms. The number of halogens is 13. The van der Waals surface area contributed by atoms with E-state index >= 15 is 4.39 Å². The van der Waals surface area contributed by atoms with Crippen LogP contribution in [0.15, 0.2) is 129 Å². The van der Waals surface area contributed by atoms with Crippen LogP contribution < -0.4 is 44.7 Å². The number of rotatable bonds is 23. The molecule has 0 radical (unpaired) electrons. The Morgan fingerprint density at radius 3 is 1.40 bits per heavy atom. The highest BCUT2D eigenvalue weighted by atomic mass is 79.9. The summed E-state index contributed by atoms with van der Waals surface area (Å²) in [5.41, 5.74) is 7.76. The molecule has 116 heavy (non-hydrogen) atoms. The average molecular weight is 1790 g/mol. The Labute approximate surface area is 683 Å². The third-order valence-electron chi connectivity index (χ3n) is 17.2. The molecule has 4 aromatic heterocycles. The quantitative estimate of drug-likeness (QED) is 0.0305. The second kappa shape index (κ2) is 43.7. The van der Waals surface area contributed by atoms with E-state index in [0.29, 0.717) is 92.4 Å². The van der Waals surface area contributed by atoms with E-state index in [4.69, 9.17) is 57.9 Å². The molecule has 10 aromatic rings. The molecule has 13 rings (SSSR count).